The summed E-state index contributed by atoms with van der Waals surface area (Å²) < 4.78 is 25.9. The van der Waals surface area contributed by atoms with E-state index in [1.54, 1.807) is 0 Å². The van der Waals surface area contributed by atoms with Gasteiger partial charge in [0.15, 0.2) is 0 Å². The zero-order valence-electron chi connectivity index (χ0n) is 7.46. The fourth-order valence-electron chi connectivity index (χ4n) is 1.59. The molecule has 13 heavy (non-hydrogen) atoms. The first-order valence-corrected chi connectivity index (χ1v) is 4.32. The summed E-state index contributed by atoms with van der Waals surface area (Å²) in [5.74, 6) is -6.59. The Bertz CT molecular complexity index is 208. The molecular weight excluding hydrogens is 180 g/mol. The average molecular weight is 193 g/mol. The Morgan fingerprint density at radius 2 is 2.31 bits per heavy atom. The van der Waals surface area contributed by atoms with Crippen molar-refractivity contribution in [3.63, 3.8) is 0 Å². The molecule has 1 aliphatic rings. The third-order valence-electron chi connectivity index (χ3n) is 2.52. The van der Waals surface area contributed by atoms with Crippen molar-refractivity contribution in [2.45, 2.75) is 19.3 Å². The molecular formula is C8H13F2NO2. The van der Waals surface area contributed by atoms with E-state index in [2.05, 4.69) is 0 Å². The summed E-state index contributed by atoms with van der Waals surface area (Å²) in [4.78, 5) is 12.1. The fraction of sp³-hybridized carbons (Fsp3) is 0.875. The summed E-state index contributed by atoms with van der Waals surface area (Å²) in [5, 5.41) is 8.29. The average Bonchev–Trinajstić information content (AvgIpc) is 2.51. The van der Waals surface area contributed by atoms with Crippen LogP contribution in [0.15, 0.2) is 0 Å². The molecule has 1 unspecified atom stereocenters. The van der Waals surface area contributed by atoms with Crippen LogP contribution in [-0.4, -0.2) is 41.5 Å². The van der Waals surface area contributed by atoms with Crippen LogP contribution in [0.3, 0.4) is 0 Å². The maximum absolute atomic E-state index is 12.9. The van der Waals surface area contributed by atoms with Crippen molar-refractivity contribution in [1.29, 1.82) is 0 Å². The van der Waals surface area contributed by atoms with Gasteiger partial charge in [0.1, 0.15) is 0 Å². The molecule has 3 nitrogen and oxygen atoms in total. The first-order valence-electron chi connectivity index (χ1n) is 4.32. The van der Waals surface area contributed by atoms with Gasteiger partial charge in [-0.3, -0.25) is 0 Å². The van der Waals surface area contributed by atoms with Crippen LogP contribution in [0.4, 0.5) is 8.78 Å². The van der Waals surface area contributed by atoms with Crippen LogP contribution in [0, 0.1) is 5.92 Å². The number of carboxylic acid groups (broad SMARTS) is 1. The fourth-order valence-corrected chi connectivity index (χ4v) is 1.59. The largest absolute Gasteiger partial charge is 0.477 e. The second kappa shape index (κ2) is 3.57. The van der Waals surface area contributed by atoms with Crippen LogP contribution in [0.25, 0.3) is 0 Å². The highest BCUT2D eigenvalue weighted by molar-refractivity contribution is 5.75. The van der Waals surface area contributed by atoms with Crippen molar-refractivity contribution in [3.05, 3.63) is 0 Å². The number of likely N-dealkylation sites (tertiary alicyclic amines) is 1. The van der Waals surface area contributed by atoms with E-state index in [9.17, 15) is 13.6 Å². The van der Waals surface area contributed by atoms with Gasteiger partial charge >= 0.3 is 11.9 Å². The molecule has 0 amide bonds. The minimum atomic E-state index is -3.57. The van der Waals surface area contributed by atoms with Crippen molar-refractivity contribution in [3.8, 4) is 0 Å². The van der Waals surface area contributed by atoms with E-state index in [0.717, 1.165) is 0 Å². The number of nitrogens with zero attached hydrogens (tertiary/aromatic N) is 1. The van der Waals surface area contributed by atoms with Crippen LogP contribution >= 0.6 is 0 Å². The molecule has 5 heteroatoms. The number of carbonyl (C=O) groups is 1. The van der Waals surface area contributed by atoms with Gasteiger partial charge in [0.25, 0.3) is 0 Å². The highest BCUT2D eigenvalue weighted by atomic mass is 19.3. The minimum Gasteiger partial charge on any atom is -0.477 e. The van der Waals surface area contributed by atoms with E-state index < -0.39 is 17.8 Å². The van der Waals surface area contributed by atoms with E-state index in [1.165, 1.54) is 0 Å². The molecule has 0 spiro atoms. The zero-order valence-corrected chi connectivity index (χ0v) is 7.46. The van der Waals surface area contributed by atoms with Crippen LogP contribution in [-0.2, 0) is 4.79 Å². The smallest absolute Gasteiger partial charge is 0.374 e. The van der Waals surface area contributed by atoms with Crippen molar-refractivity contribution in [1.82, 2.24) is 4.90 Å². The monoisotopic (exact) mass is 193 g/mol. The number of aliphatic carboxylic acids is 1. The van der Waals surface area contributed by atoms with Gasteiger partial charge in [0.05, 0.1) is 0 Å². The normalized spacial score (nSPS) is 25.0. The summed E-state index contributed by atoms with van der Waals surface area (Å²) in [5.41, 5.74) is 0. The lowest BCUT2D eigenvalue weighted by molar-refractivity contribution is -0.172. The van der Waals surface area contributed by atoms with E-state index >= 15 is 0 Å². The molecule has 1 rings (SSSR count). The van der Waals surface area contributed by atoms with Crippen molar-refractivity contribution in [2.75, 3.05) is 19.6 Å². The summed E-state index contributed by atoms with van der Waals surface area (Å²) >= 11 is 0. The van der Waals surface area contributed by atoms with Crippen LogP contribution in [0.2, 0.25) is 0 Å². The number of hydrogen-bond donors (Lipinski definition) is 1. The van der Waals surface area contributed by atoms with E-state index in [-0.39, 0.29) is 13.0 Å². The minimum absolute atomic E-state index is 0.190. The maximum atomic E-state index is 12.9. The maximum Gasteiger partial charge on any atom is 0.374 e. The SMILES string of the molecule is CCN1CCC(C(F)(F)C(=O)O)C1. The first-order chi connectivity index (χ1) is 5.98. The van der Waals surface area contributed by atoms with Crippen LogP contribution in [0.1, 0.15) is 13.3 Å². The summed E-state index contributed by atoms with van der Waals surface area (Å²) in [6.07, 6.45) is 0.271. The Morgan fingerprint density at radius 3 is 2.69 bits per heavy atom. The second-order valence-corrected chi connectivity index (χ2v) is 3.31. The molecule has 1 atom stereocenters. The topological polar surface area (TPSA) is 40.5 Å². The third-order valence-corrected chi connectivity index (χ3v) is 2.52. The third kappa shape index (κ3) is 1.96. The van der Waals surface area contributed by atoms with E-state index in [1.807, 2.05) is 11.8 Å². The summed E-state index contributed by atoms with van der Waals surface area (Å²) in [6, 6.07) is 0. The molecule has 1 saturated heterocycles. The van der Waals surface area contributed by atoms with Crippen LogP contribution < -0.4 is 0 Å². The van der Waals surface area contributed by atoms with Gasteiger partial charge in [-0.05, 0) is 19.5 Å². The summed E-state index contributed by atoms with van der Waals surface area (Å²) in [7, 11) is 0. The molecule has 0 saturated carbocycles. The first kappa shape index (κ1) is 10.4. The molecule has 1 fully saturated rings. The van der Waals surface area contributed by atoms with E-state index in [4.69, 9.17) is 5.11 Å². The molecule has 0 bridgehead atoms. The van der Waals surface area contributed by atoms with Gasteiger partial charge in [0, 0.05) is 12.5 Å². The predicted octanol–water partition coefficient (Wildman–Crippen LogP) is 1.05. The highest BCUT2D eigenvalue weighted by Gasteiger charge is 2.49. The number of rotatable bonds is 3. The Kier molecular flexibility index (Phi) is 2.85. The Balaban J connectivity index is 2.59. The van der Waals surface area contributed by atoms with Gasteiger partial charge in [-0.2, -0.15) is 8.78 Å². The molecule has 0 aromatic heterocycles. The second-order valence-electron chi connectivity index (χ2n) is 3.31. The van der Waals surface area contributed by atoms with Crippen molar-refractivity contribution in [2.24, 2.45) is 5.92 Å². The molecule has 1 heterocycles. The van der Waals surface area contributed by atoms with Gasteiger partial charge in [-0.1, -0.05) is 6.92 Å². The molecule has 0 aromatic carbocycles. The number of alkyl halides is 2. The van der Waals surface area contributed by atoms with Gasteiger partial charge in [-0.15, -0.1) is 0 Å². The molecule has 0 aliphatic carbocycles. The number of halogens is 2. The lowest BCUT2D eigenvalue weighted by Crippen LogP contribution is -2.38. The number of carboxylic acids is 1. The van der Waals surface area contributed by atoms with Crippen LogP contribution in [0.5, 0.6) is 0 Å². The summed E-state index contributed by atoms with van der Waals surface area (Å²) in [6.45, 7) is 3.34. The predicted molar refractivity (Wildman–Crippen MR) is 42.8 cm³/mol. The molecule has 0 radical (unpaired) electrons. The van der Waals surface area contributed by atoms with E-state index in [0.29, 0.717) is 13.1 Å². The number of hydrogen-bond acceptors (Lipinski definition) is 2. The molecule has 1 aliphatic heterocycles. The van der Waals surface area contributed by atoms with Gasteiger partial charge < -0.3 is 10.0 Å². The highest BCUT2D eigenvalue weighted by Crippen LogP contribution is 2.32. The Morgan fingerprint density at radius 1 is 1.69 bits per heavy atom. The Labute approximate surface area is 75.3 Å². The van der Waals surface area contributed by atoms with Crippen molar-refractivity contribution < 1.29 is 18.7 Å². The standard InChI is InChI=1S/C8H13F2NO2/c1-2-11-4-3-6(5-11)8(9,10)7(12)13/h6H,2-5H2,1H3,(H,12,13). The lowest BCUT2D eigenvalue weighted by atomic mass is 10.0. The molecule has 1 N–H and O–H groups in total. The van der Waals surface area contributed by atoms with Crippen molar-refractivity contribution >= 4 is 5.97 Å². The quantitative estimate of drug-likeness (QED) is 0.728. The Hall–Kier alpha value is -0.710. The zero-order chi connectivity index (χ0) is 10.1. The molecule has 76 valence electrons. The van der Waals surface area contributed by atoms with Gasteiger partial charge in [-0.25, -0.2) is 4.79 Å². The molecule has 0 aromatic rings. The lowest BCUT2D eigenvalue weighted by Gasteiger charge is -2.18. The van der Waals surface area contributed by atoms with Gasteiger partial charge in [0.2, 0.25) is 0 Å².